The van der Waals surface area contributed by atoms with Crippen LogP contribution >= 0.6 is 12.4 Å². The fourth-order valence-electron chi connectivity index (χ4n) is 4.44. The first-order chi connectivity index (χ1) is 14.2. The third kappa shape index (κ3) is 5.96. The Balaban J connectivity index is 0.00000256. The molecule has 2 saturated heterocycles. The van der Waals surface area contributed by atoms with E-state index < -0.39 is 0 Å². The van der Waals surface area contributed by atoms with Gasteiger partial charge in [-0.05, 0) is 55.0 Å². The van der Waals surface area contributed by atoms with E-state index in [1.807, 2.05) is 17.0 Å². The molecule has 0 atom stereocenters. The normalized spacial score (nSPS) is 18.2. The van der Waals surface area contributed by atoms with Crippen LogP contribution < -0.4 is 4.90 Å². The van der Waals surface area contributed by atoms with Crippen molar-refractivity contribution in [1.82, 2.24) is 9.80 Å². The number of benzene rings is 2. The molecule has 162 valence electrons. The molecule has 2 fully saturated rings. The summed E-state index contributed by atoms with van der Waals surface area (Å²) in [5.41, 5.74) is 2.45. The lowest BCUT2D eigenvalue weighted by molar-refractivity contribution is -0.133. The monoisotopic (exact) mass is 431 g/mol. The number of amides is 1. The molecule has 4 nitrogen and oxygen atoms in total. The van der Waals surface area contributed by atoms with Gasteiger partial charge in [0.2, 0.25) is 5.91 Å². The number of carbonyl (C=O) groups excluding carboxylic acids is 1. The molecule has 0 N–H and O–H groups in total. The Hall–Kier alpha value is -2.11. The highest BCUT2D eigenvalue weighted by molar-refractivity contribution is 5.85. The van der Waals surface area contributed by atoms with Crippen LogP contribution in [0.4, 0.5) is 10.1 Å². The van der Waals surface area contributed by atoms with Crippen LogP contribution in [0.15, 0.2) is 54.6 Å². The van der Waals surface area contributed by atoms with Crippen molar-refractivity contribution in [2.45, 2.75) is 19.3 Å². The third-order valence-corrected chi connectivity index (χ3v) is 6.26. The fourth-order valence-corrected chi connectivity index (χ4v) is 4.44. The maximum absolute atomic E-state index is 13.1. The van der Waals surface area contributed by atoms with E-state index in [1.54, 1.807) is 0 Å². The van der Waals surface area contributed by atoms with Gasteiger partial charge in [-0.25, -0.2) is 4.39 Å². The number of carbonyl (C=O) groups is 1. The van der Waals surface area contributed by atoms with E-state index in [4.69, 9.17) is 0 Å². The van der Waals surface area contributed by atoms with E-state index in [-0.39, 0.29) is 24.1 Å². The SMILES string of the molecule is Cl.O=C(CN1CCN(c2ccc(F)cc2)CC1)N1CCC(Cc2ccccc2)CC1. The summed E-state index contributed by atoms with van der Waals surface area (Å²) in [5.74, 6) is 0.740. The van der Waals surface area contributed by atoms with Crippen molar-refractivity contribution in [2.24, 2.45) is 5.92 Å². The summed E-state index contributed by atoms with van der Waals surface area (Å²) in [7, 11) is 0. The molecule has 0 bridgehead atoms. The lowest BCUT2D eigenvalue weighted by Crippen LogP contribution is -2.51. The Morgan fingerprint density at radius 1 is 0.867 bits per heavy atom. The number of halogens is 2. The van der Waals surface area contributed by atoms with Crippen molar-refractivity contribution in [3.63, 3.8) is 0 Å². The number of nitrogens with zero attached hydrogens (tertiary/aromatic N) is 3. The Labute approximate surface area is 185 Å². The van der Waals surface area contributed by atoms with Crippen LogP contribution in [-0.2, 0) is 11.2 Å². The number of likely N-dealkylation sites (tertiary alicyclic amines) is 1. The average Bonchev–Trinajstić information content (AvgIpc) is 2.76. The number of anilines is 1. The van der Waals surface area contributed by atoms with E-state index in [0.29, 0.717) is 12.5 Å². The number of hydrogen-bond donors (Lipinski definition) is 0. The van der Waals surface area contributed by atoms with Gasteiger partial charge in [-0.3, -0.25) is 9.69 Å². The van der Waals surface area contributed by atoms with E-state index in [2.05, 4.69) is 40.1 Å². The van der Waals surface area contributed by atoms with Crippen molar-refractivity contribution in [1.29, 1.82) is 0 Å². The Morgan fingerprint density at radius 3 is 2.13 bits per heavy atom. The van der Waals surface area contributed by atoms with Crippen molar-refractivity contribution in [3.8, 4) is 0 Å². The number of piperazine rings is 1. The summed E-state index contributed by atoms with van der Waals surface area (Å²) < 4.78 is 13.1. The molecular formula is C24H31ClFN3O. The van der Waals surface area contributed by atoms with Gasteiger partial charge in [0.05, 0.1) is 6.54 Å². The molecule has 0 aromatic heterocycles. The summed E-state index contributed by atoms with van der Waals surface area (Å²) in [6.45, 7) is 5.76. The molecule has 4 rings (SSSR count). The van der Waals surface area contributed by atoms with Gasteiger partial charge >= 0.3 is 0 Å². The second-order valence-electron chi connectivity index (χ2n) is 8.25. The van der Waals surface area contributed by atoms with Crippen LogP contribution in [0, 0.1) is 11.7 Å². The summed E-state index contributed by atoms with van der Waals surface area (Å²) >= 11 is 0. The minimum atomic E-state index is -0.203. The largest absolute Gasteiger partial charge is 0.369 e. The van der Waals surface area contributed by atoms with Gasteiger partial charge in [-0.2, -0.15) is 0 Å². The van der Waals surface area contributed by atoms with Crippen LogP contribution in [-0.4, -0.2) is 61.5 Å². The van der Waals surface area contributed by atoms with Gasteiger partial charge in [0, 0.05) is 45.0 Å². The Morgan fingerprint density at radius 2 is 1.50 bits per heavy atom. The number of rotatable bonds is 5. The molecule has 0 spiro atoms. The van der Waals surface area contributed by atoms with Crippen molar-refractivity contribution in [3.05, 3.63) is 66.0 Å². The zero-order valence-corrected chi connectivity index (χ0v) is 18.2. The standard InChI is InChI=1S/C24H30FN3O.ClH/c25-22-6-8-23(9-7-22)27-16-14-26(15-17-27)19-24(29)28-12-10-21(11-13-28)18-20-4-2-1-3-5-20;/h1-9,21H,10-19H2;1H. The predicted molar refractivity (Wildman–Crippen MR) is 122 cm³/mol. The van der Waals surface area contributed by atoms with Crippen LogP contribution in [0.2, 0.25) is 0 Å². The second-order valence-corrected chi connectivity index (χ2v) is 8.25. The highest BCUT2D eigenvalue weighted by atomic mass is 35.5. The van der Waals surface area contributed by atoms with Gasteiger partial charge in [0.1, 0.15) is 5.82 Å². The van der Waals surface area contributed by atoms with Crippen molar-refractivity contribution >= 4 is 24.0 Å². The zero-order chi connectivity index (χ0) is 20.1. The molecule has 0 unspecified atom stereocenters. The van der Waals surface area contributed by atoms with Gasteiger partial charge in [0.25, 0.3) is 0 Å². The first-order valence-electron chi connectivity index (χ1n) is 10.7. The van der Waals surface area contributed by atoms with E-state index in [1.165, 1.54) is 17.7 Å². The number of piperidine rings is 1. The molecule has 0 radical (unpaired) electrons. The Bertz CT molecular complexity index is 786. The van der Waals surface area contributed by atoms with E-state index in [9.17, 15) is 9.18 Å². The molecule has 6 heteroatoms. The zero-order valence-electron chi connectivity index (χ0n) is 17.4. The predicted octanol–water partition coefficient (Wildman–Crippen LogP) is 3.85. The summed E-state index contributed by atoms with van der Waals surface area (Å²) in [6, 6.07) is 17.3. The summed E-state index contributed by atoms with van der Waals surface area (Å²) in [4.78, 5) is 19.3. The first-order valence-corrected chi connectivity index (χ1v) is 10.7. The molecule has 0 saturated carbocycles. The second kappa shape index (κ2) is 10.8. The third-order valence-electron chi connectivity index (χ3n) is 6.26. The maximum Gasteiger partial charge on any atom is 0.236 e. The molecule has 0 aliphatic carbocycles. The smallest absolute Gasteiger partial charge is 0.236 e. The molecule has 2 aromatic rings. The maximum atomic E-state index is 13.1. The summed E-state index contributed by atoms with van der Waals surface area (Å²) in [6.07, 6.45) is 3.31. The lowest BCUT2D eigenvalue weighted by Gasteiger charge is -2.38. The minimum Gasteiger partial charge on any atom is -0.369 e. The average molecular weight is 432 g/mol. The van der Waals surface area contributed by atoms with Crippen LogP contribution in [0.5, 0.6) is 0 Å². The van der Waals surface area contributed by atoms with Gasteiger partial charge in [-0.15, -0.1) is 12.4 Å². The topological polar surface area (TPSA) is 26.8 Å². The van der Waals surface area contributed by atoms with Crippen LogP contribution in [0.25, 0.3) is 0 Å². The van der Waals surface area contributed by atoms with Gasteiger partial charge < -0.3 is 9.80 Å². The molecular weight excluding hydrogens is 401 g/mol. The molecule has 2 aromatic carbocycles. The molecule has 2 aliphatic rings. The fraction of sp³-hybridized carbons (Fsp3) is 0.458. The molecule has 30 heavy (non-hydrogen) atoms. The van der Waals surface area contributed by atoms with Gasteiger partial charge in [-0.1, -0.05) is 30.3 Å². The summed E-state index contributed by atoms with van der Waals surface area (Å²) in [5, 5.41) is 0. The highest BCUT2D eigenvalue weighted by Gasteiger charge is 2.25. The van der Waals surface area contributed by atoms with E-state index in [0.717, 1.165) is 64.2 Å². The molecule has 1 amide bonds. The lowest BCUT2D eigenvalue weighted by atomic mass is 9.90. The highest BCUT2D eigenvalue weighted by Crippen LogP contribution is 2.22. The van der Waals surface area contributed by atoms with Crippen molar-refractivity contribution in [2.75, 3.05) is 50.7 Å². The van der Waals surface area contributed by atoms with Crippen LogP contribution in [0.1, 0.15) is 18.4 Å². The quantitative estimate of drug-likeness (QED) is 0.719. The molecule has 2 heterocycles. The van der Waals surface area contributed by atoms with Crippen molar-refractivity contribution < 1.29 is 9.18 Å². The van der Waals surface area contributed by atoms with Gasteiger partial charge in [0.15, 0.2) is 0 Å². The molecule has 2 aliphatic heterocycles. The minimum absolute atomic E-state index is 0. The number of hydrogen-bond acceptors (Lipinski definition) is 3. The van der Waals surface area contributed by atoms with E-state index >= 15 is 0 Å². The first kappa shape index (κ1) is 22.6. The van der Waals surface area contributed by atoms with Crippen LogP contribution in [0.3, 0.4) is 0 Å². The Kier molecular flexibility index (Phi) is 8.11.